The number of fused-ring (bicyclic) bond motifs is 1. The van der Waals surface area contributed by atoms with Crippen LogP contribution in [-0.4, -0.2) is 49.5 Å². The van der Waals surface area contributed by atoms with Crippen molar-refractivity contribution in [2.75, 3.05) is 30.4 Å². The van der Waals surface area contributed by atoms with Gasteiger partial charge in [0.05, 0.1) is 6.33 Å². The molecule has 4 heterocycles. The zero-order valence-electron chi connectivity index (χ0n) is 14.3. The number of rotatable bonds is 4. The first-order valence-corrected chi connectivity index (χ1v) is 8.72. The number of aliphatic hydroxyl groups excluding tert-OH is 1. The Balaban J connectivity index is 0.000000758. The lowest BCUT2D eigenvalue weighted by molar-refractivity contribution is 0.399. The highest BCUT2D eigenvalue weighted by Gasteiger charge is 2.23. The number of imidazole rings is 1. The summed E-state index contributed by atoms with van der Waals surface area (Å²) in [5.41, 5.74) is 0.967. The van der Waals surface area contributed by atoms with Gasteiger partial charge in [-0.05, 0) is 37.8 Å². The van der Waals surface area contributed by atoms with Crippen LogP contribution in [0.25, 0.3) is 5.52 Å². The van der Waals surface area contributed by atoms with Gasteiger partial charge >= 0.3 is 0 Å². The third-order valence-corrected chi connectivity index (χ3v) is 4.59. The second kappa shape index (κ2) is 6.72. The molecule has 3 aromatic heterocycles. The number of nitrogens with one attached hydrogen (secondary N) is 1. The molecular formula is C17H23N7O. The molecule has 0 spiro atoms. The summed E-state index contributed by atoms with van der Waals surface area (Å²) in [6.07, 6.45) is 10.9. The average Bonchev–Trinajstić information content (AvgIpc) is 3.09. The number of aliphatic hydroxyl groups is 1. The van der Waals surface area contributed by atoms with E-state index >= 15 is 0 Å². The molecule has 132 valence electrons. The summed E-state index contributed by atoms with van der Waals surface area (Å²) < 4.78 is 4.07. The molecule has 2 N–H and O–H groups in total. The highest BCUT2D eigenvalue weighted by molar-refractivity contribution is 5.72. The van der Waals surface area contributed by atoms with Gasteiger partial charge in [0.25, 0.3) is 0 Å². The Morgan fingerprint density at radius 2 is 2.00 bits per heavy atom. The lowest BCUT2D eigenvalue weighted by atomic mass is 10.4. The maximum atomic E-state index is 7.00. The van der Waals surface area contributed by atoms with E-state index in [0.29, 0.717) is 6.04 Å². The third kappa shape index (κ3) is 3.17. The minimum atomic E-state index is 0.636. The number of anilines is 3. The van der Waals surface area contributed by atoms with E-state index in [1.165, 1.54) is 25.7 Å². The van der Waals surface area contributed by atoms with E-state index < -0.39 is 0 Å². The summed E-state index contributed by atoms with van der Waals surface area (Å²) in [5, 5.41) is 15.0. The van der Waals surface area contributed by atoms with Crippen LogP contribution in [0.1, 0.15) is 31.7 Å². The Bertz CT molecular complexity index is 846. The van der Waals surface area contributed by atoms with Crippen LogP contribution < -0.4 is 10.2 Å². The van der Waals surface area contributed by atoms with E-state index in [2.05, 4.69) is 31.1 Å². The molecule has 25 heavy (non-hydrogen) atoms. The van der Waals surface area contributed by atoms with Crippen molar-refractivity contribution in [2.24, 2.45) is 0 Å². The number of hydrogen-bond donors (Lipinski definition) is 2. The molecule has 1 saturated heterocycles. The van der Waals surface area contributed by atoms with Gasteiger partial charge in [-0.3, -0.25) is 0 Å². The van der Waals surface area contributed by atoms with Gasteiger partial charge in [-0.1, -0.05) is 0 Å². The van der Waals surface area contributed by atoms with Crippen LogP contribution in [0, 0.1) is 0 Å². The smallest absolute Gasteiger partial charge is 0.245 e. The van der Waals surface area contributed by atoms with Crippen molar-refractivity contribution < 1.29 is 5.11 Å². The minimum Gasteiger partial charge on any atom is -0.400 e. The van der Waals surface area contributed by atoms with Gasteiger partial charge in [0, 0.05) is 38.6 Å². The van der Waals surface area contributed by atoms with Crippen LogP contribution in [0.2, 0.25) is 0 Å². The molecule has 1 aliphatic carbocycles. The summed E-state index contributed by atoms with van der Waals surface area (Å²) >= 11 is 0. The number of hydrogen-bond acceptors (Lipinski definition) is 6. The van der Waals surface area contributed by atoms with Crippen LogP contribution in [-0.2, 0) is 0 Å². The topological polar surface area (TPSA) is 83.5 Å². The van der Waals surface area contributed by atoms with Crippen molar-refractivity contribution in [1.29, 1.82) is 0 Å². The number of aromatic nitrogens is 5. The van der Waals surface area contributed by atoms with Crippen LogP contribution in [0.4, 0.5) is 17.6 Å². The molecule has 3 aromatic rings. The van der Waals surface area contributed by atoms with Crippen LogP contribution in [0.3, 0.4) is 0 Å². The van der Waals surface area contributed by atoms with Gasteiger partial charge < -0.3 is 19.9 Å². The molecule has 8 heteroatoms. The maximum absolute atomic E-state index is 7.00. The normalized spacial score (nSPS) is 16.8. The molecule has 0 unspecified atom stereocenters. The van der Waals surface area contributed by atoms with Gasteiger partial charge in [-0.25, -0.2) is 9.50 Å². The van der Waals surface area contributed by atoms with Gasteiger partial charge in [0.1, 0.15) is 11.3 Å². The third-order valence-electron chi connectivity index (χ3n) is 4.59. The molecular weight excluding hydrogens is 318 g/mol. The van der Waals surface area contributed by atoms with Crippen molar-refractivity contribution in [3.63, 3.8) is 0 Å². The van der Waals surface area contributed by atoms with Gasteiger partial charge in [-0.2, -0.15) is 4.98 Å². The monoisotopic (exact) mass is 341 g/mol. The molecule has 2 aliphatic rings. The summed E-state index contributed by atoms with van der Waals surface area (Å²) in [6, 6.07) is 4.65. The fourth-order valence-electron chi connectivity index (χ4n) is 3.16. The molecule has 1 aliphatic heterocycles. The SMILES string of the molecule is CO.c1cc2c(Nc3cn(C4CC4)cn3)nc(N3CCCC3)nn2c1. The van der Waals surface area contributed by atoms with Gasteiger partial charge in [0.15, 0.2) is 5.82 Å². The van der Waals surface area contributed by atoms with E-state index in [1.54, 1.807) is 0 Å². The lowest BCUT2D eigenvalue weighted by Crippen LogP contribution is -2.22. The molecule has 1 saturated carbocycles. The van der Waals surface area contributed by atoms with Crippen LogP contribution in [0.5, 0.6) is 0 Å². The van der Waals surface area contributed by atoms with Crippen molar-refractivity contribution in [3.8, 4) is 0 Å². The molecule has 0 radical (unpaired) electrons. The lowest BCUT2D eigenvalue weighted by Gasteiger charge is -2.16. The average molecular weight is 341 g/mol. The first-order chi connectivity index (χ1) is 12.4. The molecule has 8 nitrogen and oxygen atoms in total. The molecule has 0 bridgehead atoms. The maximum Gasteiger partial charge on any atom is 0.245 e. The first-order valence-electron chi connectivity index (χ1n) is 8.72. The fourth-order valence-corrected chi connectivity index (χ4v) is 3.16. The standard InChI is InChI=1S/C16H19N7.CH4O/c1-2-8-21(7-1)16-19-15(13-4-3-9-23(13)20-16)18-14-10-22(11-17-14)12-5-6-12;1-2/h3-4,9-12H,1-2,5-8H2,(H,18,19,20);2H,1H3. The Hall–Kier alpha value is -2.61. The Kier molecular flexibility index (Phi) is 4.27. The van der Waals surface area contributed by atoms with E-state index in [0.717, 1.165) is 43.3 Å². The van der Waals surface area contributed by atoms with Crippen molar-refractivity contribution >= 4 is 23.1 Å². The largest absolute Gasteiger partial charge is 0.400 e. The zero-order chi connectivity index (χ0) is 17.2. The summed E-state index contributed by atoms with van der Waals surface area (Å²) in [4.78, 5) is 11.5. The minimum absolute atomic E-state index is 0.636. The first kappa shape index (κ1) is 15.9. The molecule has 5 rings (SSSR count). The zero-order valence-corrected chi connectivity index (χ0v) is 14.3. The predicted octanol–water partition coefficient (Wildman–Crippen LogP) is 2.21. The Morgan fingerprint density at radius 3 is 2.76 bits per heavy atom. The van der Waals surface area contributed by atoms with E-state index in [9.17, 15) is 0 Å². The number of nitrogens with zero attached hydrogens (tertiary/aromatic N) is 6. The Morgan fingerprint density at radius 1 is 1.20 bits per heavy atom. The van der Waals surface area contributed by atoms with Crippen LogP contribution >= 0.6 is 0 Å². The van der Waals surface area contributed by atoms with Crippen molar-refractivity contribution in [3.05, 3.63) is 30.9 Å². The van der Waals surface area contributed by atoms with Crippen molar-refractivity contribution in [2.45, 2.75) is 31.7 Å². The van der Waals surface area contributed by atoms with E-state index in [4.69, 9.17) is 10.1 Å². The van der Waals surface area contributed by atoms with E-state index in [-0.39, 0.29) is 0 Å². The van der Waals surface area contributed by atoms with Crippen molar-refractivity contribution in [1.82, 2.24) is 24.1 Å². The molecule has 0 atom stereocenters. The summed E-state index contributed by atoms with van der Waals surface area (Å²) in [6.45, 7) is 2.06. The fraction of sp³-hybridized carbons (Fsp3) is 0.471. The van der Waals surface area contributed by atoms with Gasteiger partial charge in [-0.15, -0.1) is 5.10 Å². The second-order valence-electron chi connectivity index (χ2n) is 6.35. The molecule has 0 aromatic carbocycles. The second-order valence-corrected chi connectivity index (χ2v) is 6.35. The molecule has 2 fully saturated rings. The van der Waals surface area contributed by atoms with E-state index in [1.807, 2.05) is 29.2 Å². The van der Waals surface area contributed by atoms with Gasteiger partial charge in [0.2, 0.25) is 5.95 Å². The highest BCUT2D eigenvalue weighted by Crippen LogP contribution is 2.35. The Labute approximate surface area is 146 Å². The summed E-state index contributed by atoms with van der Waals surface area (Å²) in [5.74, 6) is 2.44. The quantitative estimate of drug-likeness (QED) is 0.757. The highest BCUT2D eigenvalue weighted by atomic mass is 16.2. The predicted molar refractivity (Wildman–Crippen MR) is 96.4 cm³/mol. The molecule has 0 amide bonds. The summed E-state index contributed by atoms with van der Waals surface area (Å²) in [7, 11) is 1.00. The van der Waals surface area contributed by atoms with Crippen LogP contribution in [0.15, 0.2) is 30.9 Å².